The Kier molecular flexibility index (Phi) is 10.3. The van der Waals surface area contributed by atoms with Crippen LogP contribution in [0.4, 0.5) is 4.79 Å². The van der Waals surface area contributed by atoms with Crippen LogP contribution in [0.1, 0.15) is 78.6 Å². The van der Waals surface area contributed by atoms with Crippen molar-refractivity contribution in [2.24, 2.45) is 16.7 Å². The van der Waals surface area contributed by atoms with E-state index in [0.29, 0.717) is 0 Å². The highest BCUT2D eigenvalue weighted by atomic mass is 28.4. The van der Waals surface area contributed by atoms with E-state index in [2.05, 4.69) is 20.8 Å². The number of fused-ring (bicyclic) bond motifs is 5. The molecule has 4 aliphatic rings. The molecule has 1 heterocycles. The lowest BCUT2D eigenvalue weighted by Gasteiger charge is -2.68. The summed E-state index contributed by atoms with van der Waals surface area (Å²) in [6.45, 7) is 13.8. The molecule has 8 atom stereocenters. The molecule has 5 rings (SSSR count). The summed E-state index contributed by atoms with van der Waals surface area (Å²) in [5.41, 5.74) is -6.50. The number of rotatable bonds is 9. The number of carbonyl (C=O) groups excluding carboxylic acids is 5. The smallest absolute Gasteiger partial charge is 0.410 e. The molecule has 280 valence electrons. The summed E-state index contributed by atoms with van der Waals surface area (Å²) in [6, 6.07) is 10.4. The maximum atomic E-state index is 15.8. The minimum atomic E-state index is -2.52. The van der Waals surface area contributed by atoms with Gasteiger partial charge >= 0.3 is 18.0 Å². The fraction of sp³-hybridized carbons (Fsp3) is 0.658. The van der Waals surface area contributed by atoms with E-state index in [1.807, 2.05) is 0 Å². The molecule has 1 aromatic rings. The minimum Gasteiger partial charge on any atom is -0.455 e. The molecule has 13 heteroatoms. The van der Waals surface area contributed by atoms with E-state index in [0.717, 1.165) is 18.1 Å². The monoisotopic (exact) mass is 727 g/mol. The number of ether oxygens (including phenoxy) is 4. The highest BCUT2D eigenvalue weighted by molar-refractivity contribution is 6.73. The van der Waals surface area contributed by atoms with Gasteiger partial charge in [-0.3, -0.25) is 14.4 Å². The predicted molar refractivity (Wildman–Crippen MR) is 188 cm³/mol. The standard InChI is InChI=1S/C38H53NO11Si/c1-11-51(12-2,13-3)50-26-19-27-37(21-46-27,49-23(5)40)30-32(48-33(43)24-17-15-14-16-18-24)38(45)20-25(41)22(4)28(35(38,6)7)29(31(42)36(26,30)8)47-34(44)39(9)10/h14-18,26-27,29-30,32,45H,11-13,19-21H2,1-10H3/t26-,27+,29+,30-,32-,36+,37-,38+/m0/s1. The second-order valence-electron chi connectivity index (χ2n) is 15.6. The molecule has 3 fully saturated rings. The van der Waals surface area contributed by atoms with Crippen molar-refractivity contribution < 1.29 is 52.5 Å². The van der Waals surface area contributed by atoms with Crippen LogP contribution in [-0.2, 0) is 37.8 Å². The Balaban J connectivity index is 1.89. The van der Waals surface area contributed by atoms with Gasteiger partial charge in [0.15, 0.2) is 31.6 Å². The maximum Gasteiger partial charge on any atom is 0.410 e. The van der Waals surface area contributed by atoms with Crippen LogP contribution in [0.2, 0.25) is 18.1 Å². The molecule has 0 unspecified atom stereocenters. The van der Waals surface area contributed by atoms with Crippen LogP contribution in [0.3, 0.4) is 0 Å². The maximum absolute atomic E-state index is 15.8. The number of hydrogen-bond donors (Lipinski definition) is 1. The lowest BCUT2D eigenvalue weighted by atomic mass is 9.44. The van der Waals surface area contributed by atoms with Gasteiger partial charge in [-0.05, 0) is 55.3 Å². The van der Waals surface area contributed by atoms with Crippen LogP contribution in [0, 0.1) is 16.7 Å². The molecular weight excluding hydrogens is 675 g/mol. The first-order valence-corrected chi connectivity index (χ1v) is 20.5. The van der Waals surface area contributed by atoms with Gasteiger partial charge in [-0.2, -0.15) is 0 Å². The molecule has 1 saturated heterocycles. The number of carbonyl (C=O) groups is 5. The van der Waals surface area contributed by atoms with Crippen LogP contribution in [0.25, 0.3) is 0 Å². The molecule has 1 amide bonds. The molecular formula is C38H53NO11Si. The average molecular weight is 728 g/mol. The molecule has 12 nitrogen and oxygen atoms in total. The van der Waals surface area contributed by atoms with Gasteiger partial charge in [-0.15, -0.1) is 0 Å². The normalized spacial score (nSPS) is 34.2. The van der Waals surface area contributed by atoms with E-state index < -0.39 is 96.7 Å². The summed E-state index contributed by atoms with van der Waals surface area (Å²) in [6.07, 6.45) is -6.10. The van der Waals surface area contributed by atoms with E-state index in [1.54, 1.807) is 58.0 Å². The van der Waals surface area contributed by atoms with Crippen LogP contribution in [0.15, 0.2) is 41.5 Å². The van der Waals surface area contributed by atoms with Gasteiger partial charge < -0.3 is 33.4 Å². The number of allylic oxidation sites excluding steroid dienone is 1. The molecule has 2 bridgehead atoms. The molecule has 0 radical (unpaired) electrons. The summed E-state index contributed by atoms with van der Waals surface area (Å²) >= 11 is 0. The van der Waals surface area contributed by atoms with Gasteiger partial charge in [-0.1, -0.05) is 52.8 Å². The zero-order valence-electron chi connectivity index (χ0n) is 31.5. The second-order valence-corrected chi connectivity index (χ2v) is 20.3. The summed E-state index contributed by atoms with van der Waals surface area (Å²) in [7, 11) is 0.448. The largest absolute Gasteiger partial charge is 0.455 e. The minimum absolute atomic E-state index is 0.124. The van der Waals surface area contributed by atoms with E-state index in [1.165, 1.54) is 25.9 Å². The van der Waals surface area contributed by atoms with Crippen molar-refractivity contribution in [3.63, 3.8) is 0 Å². The van der Waals surface area contributed by atoms with E-state index in [4.69, 9.17) is 23.4 Å². The molecule has 2 saturated carbocycles. The van der Waals surface area contributed by atoms with Crippen LogP contribution >= 0.6 is 0 Å². The van der Waals surface area contributed by atoms with Crippen LogP contribution < -0.4 is 0 Å². The number of Topliss-reactive ketones (excluding diaryl/α,β-unsaturated/α-hetero) is 2. The topological polar surface area (TPSA) is 155 Å². The third-order valence-corrected chi connectivity index (χ3v) is 17.3. The average Bonchev–Trinajstić information content (AvgIpc) is 3.08. The first kappa shape index (κ1) is 38.8. The first-order chi connectivity index (χ1) is 23.8. The summed E-state index contributed by atoms with van der Waals surface area (Å²) in [5.74, 6) is -3.87. The zero-order valence-corrected chi connectivity index (χ0v) is 32.5. The highest BCUT2D eigenvalue weighted by Crippen LogP contribution is 2.64. The van der Waals surface area contributed by atoms with Crippen molar-refractivity contribution in [3.8, 4) is 0 Å². The predicted octanol–water partition coefficient (Wildman–Crippen LogP) is 5.03. The molecule has 1 aliphatic heterocycles. The number of aliphatic hydroxyl groups is 1. The lowest BCUT2D eigenvalue weighted by molar-refractivity contribution is -0.343. The Bertz CT molecular complexity index is 1610. The van der Waals surface area contributed by atoms with Crippen molar-refractivity contribution in [1.29, 1.82) is 0 Å². The Morgan fingerprint density at radius 1 is 1.00 bits per heavy atom. The van der Waals surface area contributed by atoms with Gasteiger partial charge in [-0.25, -0.2) is 9.59 Å². The molecule has 51 heavy (non-hydrogen) atoms. The SMILES string of the molecule is CC[Si](CC)(CC)O[C@H]1C[C@H]2OC[C@@]2(OC(C)=O)[C@H]2[C@H](OC(=O)c3ccccc3)[C@]3(O)CC(=O)C(C)=C([C@@H](OC(=O)N(C)C)C(=O)[C@]12C)C3(C)C. The van der Waals surface area contributed by atoms with E-state index in [-0.39, 0.29) is 29.7 Å². The van der Waals surface area contributed by atoms with Gasteiger partial charge in [0.25, 0.3) is 0 Å². The Morgan fingerprint density at radius 2 is 1.61 bits per heavy atom. The van der Waals surface area contributed by atoms with Crippen molar-refractivity contribution in [3.05, 3.63) is 47.0 Å². The first-order valence-electron chi connectivity index (χ1n) is 17.9. The number of nitrogens with zero attached hydrogens (tertiary/aromatic N) is 1. The molecule has 3 aliphatic carbocycles. The van der Waals surface area contributed by atoms with Crippen molar-refractivity contribution in [2.75, 3.05) is 20.7 Å². The van der Waals surface area contributed by atoms with Gasteiger partial charge in [0.05, 0.1) is 29.6 Å². The molecule has 0 aromatic heterocycles. The van der Waals surface area contributed by atoms with E-state index >= 15 is 4.79 Å². The Labute approximate surface area is 301 Å². The van der Waals surface area contributed by atoms with Crippen molar-refractivity contribution in [2.45, 2.75) is 122 Å². The van der Waals surface area contributed by atoms with Gasteiger partial charge in [0, 0.05) is 39.3 Å². The fourth-order valence-electron chi connectivity index (χ4n) is 9.21. The number of esters is 2. The van der Waals surface area contributed by atoms with Gasteiger partial charge in [0.2, 0.25) is 0 Å². The Morgan fingerprint density at radius 3 is 2.12 bits per heavy atom. The van der Waals surface area contributed by atoms with Crippen molar-refractivity contribution in [1.82, 2.24) is 4.90 Å². The highest BCUT2D eigenvalue weighted by Gasteiger charge is 2.78. The summed E-state index contributed by atoms with van der Waals surface area (Å²) in [4.78, 5) is 71.6. The van der Waals surface area contributed by atoms with Crippen molar-refractivity contribution >= 4 is 37.9 Å². The molecule has 1 N–H and O–H groups in total. The number of ketones is 2. The third-order valence-electron chi connectivity index (χ3n) is 12.6. The zero-order chi connectivity index (χ0) is 37.9. The number of amides is 1. The molecule has 0 spiro atoms. The quantitative estimate of drug-likeness (QED) is 0.207. The second kappa shape index (κ2) is 13.5. The third kappa shape index (κ3) is 5.88. The summed E-state index contributed by atoms with van der Waals surface area (Å²) in [5, 5.41) is 13.3. The van der Waals surface area contributed by atoms with E-state index in [9.17, 15) is 24.3 Å². The molecule has 1 aromatic carbocycles. The Hall–Kier alpha value is -3.39. The summed E-state index contributed by atoms with van der Waals surface area (Å²) < 4.78 is 32.1. The number of benzene rings is 1. The van der Waals surface area contributed by atoms with Gasteiger partial charge in [0.1, 0.15) is 17.8 Å². The number of hydrogen-bond acceptors (Lipinski definition) is 11. The van der Waals surface area contributed by atoms with Crippen LogP contribution in [0.5, 0.6) is 0 Å². The van der Waals surface area contributed by atoms with Crippen LogP contribution in [-0.4, -0.2) is 104 Å². The lowest BCUT2D eigenvalue weighted by Crippen LogP contribution is -2.82. The fourth-order valence-corrected chi connectivity index (χ4v) is 12.2.